The Morgan fingerprint density at radius 1 is 1.11 bits per heavy atom. The van der Waals surface area contributed by atoms with E-state index in [4.69, 9.17) is 34.8 Å². The smallest absolute Gasteiger partial charge is 0.305 e. The number of halogens is 3. The lowest BCUT2D eigenvalue weighted by molar-refractivity contribution is -0.140. The van der Waals surface area contributed by atoms with Gasteiger partial charge in [-0.25, -0.2) is 0 Å². The molecule has 0 aromatic heterocycles. The molecule has 0 saturated carbocycles. The number of ketones is 1. The van der Waals surface area contributed by atoms with Gasteiger partial charge in [-0.15, -0.1) is 0 Å². The zero-order chi connectivity index (χ0) is 14.4. The maximum atomic E-state index is 12.0. The molecule has 0 spiro atoms. The number of hydrogen-bond acceptors (Lipinski definition) is 3. The van der Waals surface area contributed by atoms with Gasteiger partial charge in [0.25, 0.3) is 0 Å². The number of esters is 1. The van der Waals surface area contributed by atoms with Crippen LogP contribution in [0, 0.1) is 0 Å². The minimum atomic E-state index is -0.281. The van der Waals surface area contributed by atoms with Crippen molar-refractivity contribution in [2.75, 3.05) is 7.11 Å². The van der Waals surface area contributed by atoms with Crippen LogP contribution in [0.15, 0.2) is 12.1 Å². The van der Waals surface area contributed by atoms with Crippen LogP contribution in [0.1, 0.15) is 36.0 Å². The molecule has 1 aromatic carbocycles. The number of unbranched alkanes of at least 4 members (excludes halogenated alkanes) is 1. The van der Waals surface area contributed by atoms with Crippen LogP contribution >= 0.6 is 34.8 Å². The topological polar surface area (TPSA) is 43.4 Å². The number of rotatable bonds is 6. The van der Waals surface area contributed by atoms with E-state index in [9.17, 15) is 9.59 Å². The molecule has 1 rings (SSSR count). The molecule has 0 aliphatic carbocycles. The fraction of sp³-hybridized carbons (Fsp3) is 0.385. The summed E-state index contributed by atoms with van der Waals surface area (Å²) in [6.07, 6.45) is 1.75. The molecular weight excluding hydrogens is 310 g/mol. The molecular formula is C13H13Cl3O3. The summed E-state index contributed by atoms with van der Waals surface area (Å²) in [5.41, 5.74) is 0.317. The van der Waals surface area contributed by atoms with E-state index in [0.717, 1.165) is 0 Å². The van der Waals surface area contributed by atoms with Crippen molar-refractivity contribution in [3.63, 3.8) is 0 Å². The Hall–Kier alpha value is -0.770. The van der Waals surface area contributed by atoms with Gasteiger partial charge < -0.3 is 4.74 Å². The van der Waals surface area contributed by atoms with Crippen molar-refractivity contribution >= 4 is 46.6 Å². The molecule has 104 valence electrons. The third kappa shape index (κ3) is 5.01. The molecule has 0 bridgehead atoms. The molecule has 0 aliphatic rings. The number of benzene rings is 1. The predicted molar refractivity (Wildman–Crippen MR) is 76.3 cm³/mol. The van der Waals surface area contributed by atoms with Crippen LogP contribution in [0.4, 0.5) is 0 Å². The van der Waals surface area contributed by atoms with Gasteiger partial charge in [0.2, 0.25) is 0 Å². The van der Waals surface area contributed by atoms with E-state index in [1.54, 1.807) is 0 Å². The first-order valence-corrected chi connectivity index (χ1v) is 6.83. The zero-order valence-corrected chi connectivity index (χ0v) is 12.6. The lowest BCUT2D eigenvalue weighted by Gasteiger charge is -2.06. The quantitative estimate of drug-likeness (QED) is 0.333. The van der Waals surface area contributed by atoms with Crippen LogP contribution in [-0.2, 0) is 9.53 Å². The molecule has 0 radical (unpaired) electrons. The van der Waals surface area contributed by atoms with E-state index < -0.39 is 0 Å². The van der Waals surface area contributed by atoms with Gasteiger partial charge in [-0.3, -0.25) is 9.59 Å². The van der Waals surface area contributed by atoms with Crippen LogP contribution in [0.3, 0.4) is 0 Å². The summed E-state index contributed by atoms with van der Waals surface area (Å²) in [4.78, 5) is 22.9. The highest BCUT2D eigenvalue weighted by Crippen LogP contribution is 2.30. The van der Waals surface area contributed by atoms with E-state index in [-0.39, 0.29) is 28.2 Å². The van der Waals surface area contributed by atoms with Crippen molar-refractivity contribution in [3.05, 3.63) is 32.8 Å². The van der Waals surface area contributed by atoms with Crippen LogP contribution in [0.5, 0.6) is 0 Å². The highest BCUT2D eigenvalue weighted by Gasteiger charge is 2.14. The lowest BCUT2D eigenvalue weighted by atomic mass is 10.0. The standard InChI is InChI=1S/C13H13Cl3O3/c1-19-12(18)5-3-2-4-11(17)9-6-8(14)7-10(15)13(9)16/h6-7H,2-5H2,1H3. The molecule has 0 atom stereocenters. The average molecular weight is 324 g/mol. The van der Waals surface area contributed by atoms with E-state index in [1.807, 2.05) is 0 Å². The Bertz CT molecular complexity index is 486. The highest BCUT2D eigenvalue weighted by atomic mass is 35.5. The highest BCUT2D eigenvalue weighted by molar-refractivity contribution is 6.45. The summed E-state index contributed by atoms with van der Waals surface area (Å²) in [7, 11) is 1.33. The van der Waals surface area contributed by atoms with E-state index in [2.05, 4.69) is 4.74 Å². The van der Waals surface area contributed by atoms with Gasteiger partial charge in [0.05, 0.1) is 17.2 Å². The van der Waals surface area contributed by atoms with Gasteiger partial charge in [0.15, 0.2) is 5.78 Å². The van der Waals surface area contributed by atoms with Crippen LogP contribution in [0.25, 0.3) is 0 Å². The summed E-state index contributed by atoms with van der Waals surface area (Å²) in [5.74, 6) is -0.421. The molecule has 6 heteroatoms. The number of carbonyl (C=O) groups is 2. The first kappa shape index (κ1) is 16.3. The second kappa shape index (κ2) is 7.73. The van der Waals surface area contributed by atoms with Crippen molar-refractivity contribution in [2.24, 2.45) is 0 Å². The second-order valence-electron chi connectivity index (χ2n) is 3.96. The Morgan fingerprint density at radius 3 is 2.37 bits per heavy atom. The predicted octanol–water partition coefficient (Wildman–Crippen LogP) is 4.56. The van der Waals surface area contributed by atoms with Crippen molar-refractivity contribution in [3.8, 4) is 0 Å². The minimum Gasteiger partial charge on any atom is -0.469 e. The number of Topliss-reactive ketones (excluding diaryl/α,β-unsaturated/α-hetero) is 1. The SMILES string of the molecule is COC(=O)CCCCC(=O)c1cc(Cl)cc(Cl)c1Cl. The molecule has 0 heterocycles. The fourth-order valence-corrected chi connectivity index (χ4v) is 2.26. The molecule has 3 nitrogen and oxygen atoms in total. The first-order chi connectivity index (χ1) is 8.95. The Morgan fingerprint density at radius 2 is 1.74 bits per heavy atom. The summed E-state index contributed by atoms with van der Waals surface area (Å²) >= 11 is 17.6. The van der Waals surface area contributed by atoms with Gasteiger partial charge in [-0.1, -0.05) is 34.8 Å². The van der Waals surface area contributed by atoms with Gasteiger partial charge in [0, 0.05) is 23.4 Å². The first-order valence-electron chi connectivity index (χ1n) is 5.70. The van der Waals surface area contributed by atoms with Crippen LogP contribution in [0.2, 0.25) is 15.1 Å². The molecule has 0 amide bonds. The van der Waals surface area contributed by atoms with Gasteiger partial charge >= 0.3 is 5.97 Å². The minimum absolute atomic E-state index is 0.140. The molecule has 0 fully saturated rings. The van der Waals surface area contributed by atoms with E-state index >= 15 is 0 Å². The fourth-order valence-electron chi connectivity index (χ4n) is 1.55. The molecule has 1 aromatic rings. The third-order valence-electron chi connectivity index (χ3n) is 2.56. The largest absolute Gasteiger partial charge is 0.469 e. The van der Waals surface area contributed by atoms with E-state index in [1.165, 1.54) is 19.2 Å². The number of hydrogen-bond donors (Lipinski definition) is 0. The Labute approximate surface area is 126 Å². The second-order valence-corrected chi connectivity index (χ2v) is 5.18. The van der Waals surface area contributed by atoms with E-state index in [0.29, 0.717) is 29.8 Å². The molecule has 0 aliphatic heterocycles. The molecule has 0 unspecified atom stereocenters. The number of carbonyl (C=O) groups excluding carboxylic acids is 2. The van der Waals surface area contributed by atoms with Crippen molar-refractivity contribution in [1.29, 1.82) is 0 Å². The molecule has 0 N–H and O–H groups in total. The summed E-state index contributed by atoms with van der Waals surface area (Å²) in [6, 6.07) is 2.98. The van der Waals surface area contributed by atoms with Crippen LogP contribution < -0.4 is 0 Å². The Balaban J connectivity index is 2.57. The maximum absolute atomic E-state index is 12.0. The normalized spacial score (nSPS) is 10.3. The van der Waals surface area contributed by atoms with Gasteiger partial charge in [-0.05, 0) is 25.0 Å². The van der Waals surface area contributed by atoms with Crippen molar-refractivity contribution in [1.82, 2.24) is 0 Å². The zero-order valence-electron chi connectivity index (χ0n) is 10.3. The monoisotopic (exact) mass is 322 g/mol. The van der Waals surface area contributed by atoms with Gasteiger partial charge in [-0.2, -0.15) is 0 Å². The summed E-state index contributed by atoms with van der Waals surface area (Å²) in [5, 5.41) is 0.837. The average Bonchev–Trinajstić information content (AvgIpc) is 2.38. The van der Waals surface area contributed by atoms with Crippen molar-refractivity contribution < 1.29 is 14.3 Å². The molecule has 19 heavy (non-hydrogen) atoms. The lowest BCUT2D eigenvalue weighted by Crippen LogP contribution is -2.03. The van der Waals surface area contributed by atoms with Gasteiger partial charge in [0.1, 0.15) is 0 Å². The summed E-state index contributed by atoms with van der Waals surface area (Å²) < 4.78 is 4.51. The van der Waals surface area contributed by atoms with Crippen molar-refractivity contribution in [2.45, 2.75) is 25.7 Å². The summed E-state index contributed by atoms with van der Waals surface area (Å²) in [6.45, 7) is 0. The third-order valence-corrected chi connectivity index (χ3v) is 3.58. The molecule has 0 saturated heterocycles. The Kier molecular flexibility index (Phi) is 6.63. The maximum Gasteiger partial charge on any atom is 0.305 e. The van der Waals surface area contributed by atoms with Crippen LogP contribution in [-0.4, -0.2) is 18.9 Å². The number of ether oxygens (including phenoxy) is 1. The number of methoxy groups -OCH3 is 1.